The predicted octanol–water partition coefficient (Wildman–Crippen LogP) is 1.99. The van der Waals surface area contributed by atoms with Crippen molar-refractivity contribution < 1.29 is 9.59 Å². The van der Waals surface area contributed by atoms with Crippen LogP contribution in [0.25, 0.3) is 0 Å². The van der Waals surface area contributed by atoms with Crippen LogP contribution >= 0.6 is 23.7 Å². The molecule has 4 N–H and O–H groups in total. The lowest BCUT2D eigenvalue weighted by molar-refractivity contribution is 0.0961. The summed E-state index contributed by atoms with van der Waals surface area (Å²) in [5.41, 5.74) is 7.80. The highest BCUT2D eigenvalue weighted by Gasteiger charge is 2.13. The Morgan fingerprint density at radius 3 is 2.70 bits per heavy atom. The van der Waals surface area contributed by atoms with Crippen LogP contribution in [0.1, 0.15) is 31.4 Å². The van der Waals surface area contributed by atoms with Crippen molar-refractivity contribution >= 4 is 41.2 Å². The van der Waals surface area contributed by atoms with Crippen LogP contribution in [0.2, 0.25) is 0 Å². The Labute approximate surface area is 144 Å². The fourth-order valence-electron chi connectivity index (χ4n) is 1.88. The van der Waals surface area contributed by atoms with Crippen molar-refractivity contribution in [2.24, 2.45) is 5.73 Å². The average Bonchev–Trinajstić information content (AvgIpc) is 2.98. The summed E-state index contributed by atoms with van der Waals surface area (Å²) in [5.74, 6) is -0.494. The highest BCUT2D eigenvalue weighted by atomic mass is 35.5. The van der Waals surface area contributed by atoms with E-state index in [1.165, 1.54) is 11.3 Å². The fourth-order valence-corrected chi connectivity index (χ4v) is 2.68. The molecule has 0 atom stereocenters. The molecule has 0 radical (unpaired) electrons. The zero-order valence-corrected chi connectivity index (χ0v) is 14.5. The predicted molar refractivity (Wildman–Crippen MR) is 94.6 cm³/mol. The van der Waals surface area contributed by atoms with Crippen LogP contribution in [0.15, 0.2) is 23.6 Å². The number of amides is 2. The van der Waals surface area contributed by atoms with Crippen molar-refractivity contribution in [2.75, 3.05) is 18.9 Å². The summed E-state index contributed by atoms with van der Waals surface area (Å²) in [6, 6.07) is 5.16. The standard InChI is InChI=1S/C15H18N4O2S.ClH/c1-9-3-4-10(14(20)17-2)7-11(9)19-15(21)12-8-22-13(18-12)5-6-16;/h3-4,7-8H,5-6,16H2,1-2H3,(H,17,20)(H,19,21);1H. The largest absolute Gasteiger partial charge is 0.355 e. The maximum Gasteiger partial charge on any atom is 0.275 e. The summed E-state index contributed by atoms with van der Waals surface area (Å²) in [4.78, 5) is 28.1. The molecule has 0 bridgehead atoms. The SMILES string of the molecule is CNC(=O)c1ccc(C)c(NC(=O)c2csc(CCN)n2)c1.Cl. The third-order valence-corrected chi connectivity index (χ3v) is 4.03. The third-order valence-electron chi connectivity index (χ3n) is 3.12. The maximum atomic E-state index is 12.2. The van der Waals surface area contributed by atoms with E-state index in [1.807, 2.05) is 6.92 Å². The second-order valence-corrected chi connectivity index (χ2v) is 5.67. The molecule has 1 aromatic carbocycles. The Morgan fingerprint density at radius 1 is 1.30 bits per heavy atom. The van der Waals surface area contributed by atoms with Gasteiger partial charge in [-0.1, -0.05) is 6.07 Å². The first-order chi connectivity index (χ1) is 10.5. The van der Waals surface area contributed by atoms with E-state index in [0.717, 1.165) is 10.6 Å². The van der Waals surface area contributed by atoms with Gasteiger partial charge in [0.15, 0.2) is 0 Å². The van der Waals surface area contributed by atoms with Crippen molar-refractivity contribution in [1.29, 1.82) is 0 Å². The minimum atomic E-state index is -0.295. The van der Waals surface area contributed by atoms with Crippen molar-refractivity contribution in [1.82, 2.24) is 10.3 Å². The number of nitrogens with one attached hydrogen (secondary N) is 2. The molecule has 0 aliphatic heterocycles. The van der Waals surface area contributed by atoms with E-state index in [1.54, 1.807) is 30.6 Å². The smallest absolute Gasteiger partial charge is 0.275 e. The van der Waals surface area contributed by atoms with Crippen LogP contribution in [-0.2, 0) is 6.42 Å². The molecule has 2 aromatic rings. The lowest BCUT2D eigenvalue weighted by atomic mass is 10.1. The minimum Gasteiger partial charge on any atom is -0.355 e. The van der Waals surface area contributed by atoms with Crippen molar-refractivity contribution in [3.63, 3.8) is 0 Å². The Balaban J connectivity index is 0.00000264. The lowest BCUT2D eigenvalue weighted by Gasteiger charge is -2.09. The molecule has 1 heterocycles. The number of nitrogens with zero attached hydrogens (tertiary/aromatic N) is 1. The Hall–Kier alpha value is -1.96. The Bertz CT molecular complexity index is 703. The van der Waals surface area contributed by atoms with E-state index in [4.69, 9.17) is 5.73 Å². The fraction of sp³-hybridized carbons (Fsp3) is 0.267. The van der Waals surface area contributed by atoms with Gasteiger partial charge in [0, 0.05) is 30.1 Å². The van der Waals surface area contributed by atoms with Gasteiger partial charge in [0.05, 0.1) is 5.01 Å². The van der Waals surface area contributed by atoms with E-state index >= 15 is 0 Å². The summed E-state index contributed by atoms with van der Waals surface area (Å²) in [7, 11) is 1.56. The number of benzene rings is 1. The summed E-state index contributed by atoms with van der Waals surface area (Å²) < 4.78 is 0. The van der Waals surface area contributed by atoms with Crippen molar-refractivity contribution in [3.8, 4) is 0 Å². The van der Waals surface area contributed by atoms with Gasteiger partial charge in [0.1, 0.15) is 5.69 Å². The molecular formula is C15H19ClN4O2S. The summed E-state index contributed by atoms with van der Waals surface area (Å²) in [6.07, 6.45) is 0.656. The van der Waals surface area contributed by atoms with E-state index in [0.29, 0.717) is 29.9 Å². The third kappa shape index (κ3) is 4.75. The Morgan fingerprint density at radius 2 is 2.04 bits per heavy atom. The quantitative estimate of drug-likeness (QED) is 0.764. The summed E-state index contributed by atoms with van der Waals surface area (Å²) in [5, 5.41) is 7.89. The normalized spacial score (nSPS) is 9.87. The number of anilines is 1. The van der Waals surface area contributed by atoms with Crippen LogP contribution in [0.3, 0.4) is 0 Å². The van der Waals surface area contributed by atoms with Crippen LogP contribution in [0.4, 0.5) is 5.69 Å². The highest BCUT2D eigenvalue weighted by Crippen LogP contribution is 2.19. The van der Waals surface area contributed by atoms with Gasteiger partial charge >= 0.3 is 0 Å². The minimum absolute atomic E-state index is 0. The average molecular weight is 355 g/mol. The molecule has 23 heavy (non-hydrogen) atoms. The number of hydrogen-bond donors (Lipinski definition) is 3. The van der Waals surface area contributed by atoms with Gasteiger partial charge < -0.3 is 16.4 Å². The van der Waals surface area contributed by atoms with Crippen LogP contribution in [0, 0.1) is 6.92 Å². The highest BCUT2D eigenvalue weighted by molar-refractivity contribution is 7.09. The van der Waals surface area contributed by atoms with Gasteiger partial charge in [-0.2, -0.15) is 0 Å². The van der Waals surface area contributed by atoms with Gasteiger partial charge in [-0.3, -0.25) is 9.59 Å². The molecular weight excluding hydrogens is 336 g/mol. The molecule has 0 spiro atoms. The van der Waals surface area contributed by atoms with E-state index in [-0.39, 0.29) is 24.2 Å². The zero-order chi connectivity index (χ0) is 16.1. The molecule has 1 aromatic heterocycles. The van der Waals surface area contributed by atoms with Crippen LogP contribution < -0.4 is 16.4 Å². The molecule has 124 valence electrons. The number of hydrogen-bond acceptors (Lipinski definition) is 5. The zero-order valence-electron chi connectivity index (χ0n) is 12.9. The second-order valence-electron chi connectivity index (χ2n) is 4.73. The van der Waals surface area contributed by atoms with Gasteiger partial charge in [0.2, 0.25) is 0 Å². The molecule has 0 saturated heterocycles. The van der Waals surface area contributed by atoms with Crippen LogP contribution in [-0.4, -0.2) is 30.4 Å². The van der Waals surface area contributed by atoms with E-state index < -0.39 is 0 Å². The van der Waals surface area contributed by atoms with Gasteiger partial charge in [0.25, 0.3) is 11.8 Å². The van der Waals surface area contributed by atoms with Gasteiger partial charge in [-0.25, -0.2) is 4.98 Å². The number of aromatic nitrogens is 1. The summed E-state index contributed by atoms with van der Waals surface area (Å²) >= 11 is 1.41. The number of nitrogens with two attached hydrogens (primary N) is 1. The van der Waals surface area contributed by atoms with Gasteiger partial charge in [-0.15, -0.1) is 23.7 Å². The lowest BCUT2D eigenvalue weighted by Crippen LogP contribution is -2.19. The maximum absolute atomic E-state index is 12.2. The first kappa shape index (κ1) is 19.1. The number of aryl methyl sites for hydroxylation is 1. The molecule has 0 aliphatic rings. The number of rotatable bonds is 5. The molecule has 2 amide bonds. The first-order valence-corrected chi connectivity index (χ1v) is 7.71. The van der Waals surface area contributed by atoms with E-state index in [2.05, 4.69) is 15.6 Å². The molecule has 8 heteroatoms. The second kappa shape index (κ2) is 8.61. The molecule has 0 aliphatic carbocycles. The first-order valence-electron chi connectivity index (χ1n) is 6.83. The number of halogens is 1. The van der Waals surface area contributed by atoms with E-state index in [9.17, 15) is 9.59 Å². The van der Waals surface area contributed by atoms with Crippen molar-refractivity contribution in [2.45, 2.75) is 13.3 Å². The monoisotopic (exact) mass is 354 g/mol. The van der Waals surface area contributed by atoms with Crippen LogP contribution in [0.5, 0.6) is 0 Å². The number of carbonyl (C=O) groups excluding carboxylic acids is 2. The molecule has 0 saturated carbocycles. The Kier molecular flexibility index (Phi) is 7.15. The molecule has 0 fully saturated rings. The van der Waals surface area contributed by atoms with Gasteiger partial charge in [-0.05, 0) is 31.2 Å². The van der Waals surface area contributed by atoms with Crippen molar-refractivity contribution in [3.05, 3.63) is 45.4 Å². The number of thiazole rings is 1. The molecule has 6 nitrogen and oxygen atoms in total. The molecule has 0 unspecified atom stereocenters. The number of carbonyl (C=O) groups is 2. The topological polar surface area (TPSA) is 97.1 Å². The summed E-state index contributed by atoms with van der Waals surface area (Å²) in [6.45, 7) is 2.37. The molecule has 2 rings (SSSR count).